The highest BCUT2D eigenvalue weighted by Gasteiger charge is 2.30. The molecular weight excluding hydrogens is 355 g/mol. The number of hydrogen-bond acceptors (Lipinski definition) is 6. The van der Waals surface area contributed by atoms with Gasteiger partial charge in [0.1, 0.15) is 5.82 Å². The van der Waals surface area contributed by atoms with Crippen LogP contribution in [0.1, 0.15) is 24.2 Å². The molecule has 1 aliphatic rings. The topological polar surface area (TPSA) is 88.8 Å². The van der Waals surface area contributed by atoms with Crippen LogP contribution in [0.5, 0.6) is 0 Å². The number of amides is 2. The Kier molecular flexibility index (Phi) is 5.80. The van der Waals surface area contributed by atoms with E-state index in [4.69, 9.17) is 9.26 Å². The van der Waals surface area contributed by atoms with Crippen molar-refractivity contribution in [2.45, 2.75) is 33.1 Å². The van der Waals surface area contributed by atoms with Gasteiger partial charge in [0.2, 0.25) is 17.7 Å². The summed E-state index contributed by atoms with van der Waals surface area (Å²) in [6.07, 6.45) is -0.420. The van der Waals surface area contributed by atoms with Crippen LogP contribution in [-0.4, -0.2) is 57.5 Å². The first-order valence-electron chi connectivity index (χ1n) is 8.59. The molecule has 9 heteroatoms. The first-order chi connectivity index (χ1) is 12.9. The maximum atomic E-state index is 13.3. The van der Waals surface area contributed by atoms with E-state index in [2.05, 4.69) is 10.1 Å². The third-order valence-electron chi connectivity index (χ3n) is 4.25. The average Bonchev–Trinajstić information content (AvgIpc) is 2.95. The predicted molar refractivity (Wildman–Crippen MR) is 91.7 cm³/mol. The van der Waals surface area contributed by atoms with Crippen LogP contribution in [0.4, 0.5) is 4.39 Å². The molecule has 8 nitrogen and oxygen atoms in total. The Morgan fingerprint density at radius 3 is 2.89 bits per heavy atom. The molecule has 2 aromatic rings. The van der Waals surface area contributed by atoms with E-state index >= 15 is 0 Å². The smallest absolute Gasteiger partial charge is 0.242 e. The molecule has 0 spiro atoms. The average molecular weight is 376 g/mol. The van der Waals surface area contributed by atoms with E-state index in [0.29, 0.717) is 17.3 Å². The summed E-state index contributed by atoms with van der Waals surface area (Å²) in [4.78, 5) is 31.5. The van der Waals surface area contributed by atoms with Crippen LogP contribution in [0, 0.1) is 12.7 Å². The molecule has 1 saturated heterocycles. The van der Waals surface area contributed by atoms with Crippen LogP contribution >= 0.6 is 0 Å². The molecule has 2 amide bonds. The Hall–Kier alpha value is -2.81. The predicted octanol–water partition coefficient (Wildman–Crippen LogP) is 1.29. The SMILES string of the molecule is CC(=O)N1CC(=O)N(Cc2noc(C)n2)CC(OCc2cccc(F)c2)C1. The van der Waals surface area contributed by atoms with Crippen molar-refractivity contribution in [1.29, 1.82) is 0 Å². The largest absolute Gasteiger partial charge is 0.370 e. The quantitative estimate of drug-likeness (QED) is 0.781. The molecular formula is C18H21FN4O4. The lowest BCUT2D eigenvalue weighted by Crippen LogP contribution is -2.38. The summed E-state index contributed by atoms with van der Waals surface area (Å²) >= 11 is 0. The first kappa shape index (κ1) is 19.0. The van der Waals surface area contributed by atoms with Crippen molar-refractivity contribution in [2.24, 2.45) is 0 Å². The molecule has 0 N–H and O–H groups in total. The normalized spacial score (nSPS) is 17.9. The van der Waals surface area contributed by atoms with Crippen LogP contribution in [-0.2, 0) is 27.5 Å². The number of carbonyl (C=O) groups is 2. The molecule has 1 aromatic carbocycles. The zero-order valence-electron chi connectivity index (χ0n) is 15.2. The number of benzene rings is 1. The first-order valence-corrected chi connectivity index (χ1v) is 8.59. The number of aryl methyl sites for hydroxylation is 1. The molecule has 1 fully saturated rings. The van der Waals surface area contributed by atoms with E-state index < -0.39 is 6.10 Å². The maximum Gasteiger partial charge on any atom is 0.242 e. The fraction of sp³-hybridized carbons (Fsp3) is 0.444. The lowest BCUT2D eigenvalue weighted by atomic mass is 10.2. The minimum atomic E-state index is -0.420. The van der Waals surface area contributed by atoms with E-state index in [1.807, 2.05) is 0 Å². The molecule has 0 radical (unpaired) electrons. The summed E-state index contributed by atoms with van der Waals surface area (Å²) in [5, 5.41) is 3.81. The van der Waals surface area contributed by atoms with E-state index in [9.17, 15) is 14.0 Å². The van der Waals surface area contributed by atoms with Gasteiger partial charge in [0.15, 0.2) is 5.82 Å². The molecule has 3 rings (SSSR count). The minimum absolute atomic E-state index is 0.0357. The van der Waals surface area contributed by atoms with Crippen molar-refractivity contribution in [3.05, 3.63) is 47.4 Å². The van der Waals surface area contributed by atoms with Gasteiger partial charge < -0.3 is 19.1 Å². The van der Waals surface area contributed by atoms with Gasteiger partial charge in [-0.05, 0) is 17.7 Å². The third kappa shape index (κ3) is 5.10. The van der Waals surface area contributed by atoms with Crippen LogP contribution in [0.15, 0.2) is 28.8 Å². The number of halogens is 1. The summed E-state index contributed by atoms with van der Waals surface area (Å²) in [7, 11) is 0. The molecule has 144 valence electrons. The fourth-order valence-corrected chi connectivity index (χ4v) is 2.89. The Morgan fingerprint density at radius 1 is 1.41 bits per heavy atom. The zero-order chi connectivity index (χ0) is 19.4. The molecule has 0 aliphatic carbocycles. The molecule has 0 bridgehead atoms. The van der Waals surface area contributed by atoms with Gasteiger partial charge in [0.25, 0.3) is 0 Å². The molecule has 1 atom stereocenters. The van der Waals surface area contributed by atoms with Crippen molar-refractivity contribution in [3.63, 3.8) is 0 Å². The third-order valence-corrected chi connectivity index (χ3v) is 4.25. The van der Waals surface area contributed by atoms with Gasteiger partial charge >= 0.3 is 0 Å². The summed E-state index contributed by atoms with van der Waals surface area (Å²) in [6.45, 7) is 3.94. The van der Waals surface area contributed by atoms with Crippen molar-refractivity contribution < 1.29 is 23.2 Å². The number of rotatable bonds is 5. The van der Waals surface area contributed by atoms with Crippen molar-refractivity contribution in [2.75, 3.05) is 19.6 Å². The fourth-order valence-electron chi connectivity index (χ4n) is 2.89. The van der Waals surface area contributed by atoms with Gasteiger partial charge in [-0.15, -0.1) is 0 Å². The Labute approximate surface area is 155 Å². The standard InChI is InChI=1S/C18H21FN4O4/c1-12-20-17(21-27-12)9-23-8-16(7-22(13(2)24)10-18(23)25)26-11-14-4-3-5-15(19)6-14/h3-6,16H,7-11H2,1-2H3. The summed E-state index contributed by atoms with van der Waals surface area (Å²) in [6, 6.07) is 6.12. The number of nitrogens with zero attached hydrogens (tertiary/aromatic N) is 4. The van der Waals surface area contributed by atoms with Crippen molar-refractivity contribution in [3.8, 4) is 0 Å². The van der Waals surface area contributed by atoms with E-state index in [1.165, 1.54) is 24.0 Å². The van der Waals surface area contributed by atoms with E-state index in [1.54, 1.807) is 24.0 Å². The number of aromatic nitrogens is 2. The van der Waals surface area contributed by atoms with Gasteiger partial charge in [-0.2, -0.15) is 4.98 Å². The van der Waals surface area contributed by atoms with Crippen molar-refractivity contribution >= 4 is 11.8 Å². The van der Waals surface area contributed by atoms with Crippen LogP contribution in [0.2, 0.25) is 0 Å². The highest BCUT2D eigenvalue weighted by molar-refractivity contribution is 5.84. The maximum absolute atomic E-state index is 13.3. The lowest BCUT2D eigenvalue weighted by molar-refractivity contribution is -0.137. The Bertz CT molecular complexity index is 825. The summed E-state index contributed by atoms with van der Waals surface area (Å²) in [5.41, 5.74) is 0.681. The number of hydrogen-bond donors (Lipinski definition) is 0. The minimum Gasteiger partial charge on any atom is -0.370 e. The van der Waals surface area contributed by atoms with Crippen molar-refractivity contribution in [1.82, 2.24) is 19.9 Å². The number of carbonyl (C=O) groups excluding carboxylic acids is 2. The molecule has 0 saturated carbocycles. The van der Waals surface area contributed by atoms with Gasteiger partial charge in [0.05, 0.1) is 25.8 Å². The van der Waals surface area contributed by atoms with Gasteiger partial charge in [-0.1, -0.05) is 17.3 Å². The second kappa shape index (κ2) is 8.26. The number of ether oxygens (including phenoxy) is 1. The van der Waals surface area contributed by atoms with E-state index in [0.717, 1.165) is 0 Å². The lowest BCUT2D eigenvalue weighted by Gasteiger charge is -2.23. The second-order valence-electron chi connectivity index (χ2n) is 6.47. The Balaban J connectivity index is 1.71. The summed E-state index contributed by atoms with van der Waals surface area (Å²) in [5.74, 6) is 0.0358. The zero-order valence-corrected chi connectivity index (χ0v) is 15.2. The second-order valence-corrected chi connectivity index (χ2v) is 6.47. The van der Waals surface area contributed by atoms with Gasteiger partial charge in [-0.25, -0.2) is 4.39 Å². The van der Waals surface area contributed by atoms with Crippen LogP contribution < -0.4 is 0 Å². The molecule has 1 aromatic heterocycles. The van der Waals surface area contributed by atoms with Gasteiger partial charge in [0, 0.05) is 26.9 Å². The monoisotopic (exact) mass is 376 g/mol. The van der Waals surface area contributed by atoms with E-state index in [-0.39, 0.29) is 50.4 Å². The van der Waals surface area contributed by atoms with Crippen LogP contribution in [0.25, 0.3) is 0 Å². The Morgan fingerprint density at radius 2 is 2.22 bits per heavy atom. The molecule has 1 aliphatic heterocycles. The molecule has 1 unspecified atom stereocenters. The highest BCUT2D eigenvalue weighted by atomic mass is 19.1. The highest BCUT2D eigenvalue weighted by Crippen LogP contribution is 2.14. The molecule has 27 heavy (non-hydrogen) atoms. The summed E-state index contributed by atoms with van der Waals surface area (Å²) < 4.78 is 24.2. The molecule has 2 heterocycles. The van der Waals surface area contributed by atoms with Gasteiger partial charge in [-0.3, -0.25) is 9.59 Å². The van der Waals surface area contributed by atoms with Crippen LogP contribution in [0.3, 0.4) is 0 Å².